The average Bonchev–Trinajstić information content (AvgIpc) is 2.11. The monoisotopic (exact) mass is 237 g/mol. The predicted molar refractivity (Wildman–Crippen MR) is 50.9 cm³/mol. The number of carbonyl (C=O) groups excluding carboxylic acids is 1. The molecular weight excluding hydrogens is 236 g/mol. The van der Waals surface area contributed by atoms with Crippen LogP contribution in [0.4, 0.5) is 5.69 Å². The van der Waals surface area contributed by atoms with Gasteiger partial charge in [0.1, 0.15) is 16.5 Å². The second-order valence-corrected chi connectivity index (χ2v) is 3.19. The van der Waals surface area contributed by atoms with E-state index in [1.165, 1.54) is 6.08 Å². The number of aromatic hydroxyl groups is 1. The van der Waals surface area contributed by atoms with Gasteiger partial charge in [-0.1, -0.05) is 34.8 Å². The van der Waals surface area contributed by atoms with E-state index in [0.717, 1.165) is 6.07 Å². The molecule has 1 N–H and O–H groups in total. The molecule has 68 valence electrons. The number of hydrogen-bond donors (Lipinski definition) is 1. The Morgan fingerprint density at radius 3 is 2.38 bits per heavy atom. The smallest absolute Gasteiger partial charge is 0.240 e. The minimum absolute atomic E-state index is 0.00724. The average molecular weight is 238 g/mol. The van der Waals surface area contributed by atoms with Crippen LogP contribution in [0.3, 0.4) is 0 Å². The Kier molecular flexibility index (Phi) is 3.17. The zero-order chi connectivity index (χ0) is 10.0. The molecule has 0 fully saturated rings. The molecule has 0 atom stereocenters. The molecule has 0 saturated carbocycles. The number of rotatable bonds is 1. The second-order valence-electron chi connectivity index (χ2n) is 2.06. The van der Waals surface area contributed by atoms with Gasteiger partial charge in [-0.2, -0.15) is 4.99 Å². The summed E-state index contributed by atoms with van der Waals surface area (Å²) in [6.07, 6.45) is 1.28. The topological polar surface area (TPSA) is 49.7 Å². The first-order valence-electron chi connectivity index (χ1n) is 3.02. The van der Waals surface area contributed by atoms with E-state index in [1.54, 1.807) is 0 Å². The molecule has 0 aliphatic rings. The van der Waals surface area contributed by atoms with E-state index in [9.17, 15) is 4.79 Å². The van der Waals surface area contributed by atoms with Crippen molar-refractivity contribution in [1.82, 2.24) is 0 Å². The fourth-order valence-corrected chi connectivity index (χ4v) is 1.29. The fourth-order valence-electron chi connectivity index (χ4n) is 0.708. The molecule has 1 aromatic carbocycles. The Morgan fingerprint density at radius 2 is 1.85 bits per heavy atom. The normalized spacial score (nSPS) is 9.46. The first-order chi connectivity index (χ1) is 6.07. The lowest BCUT2D eigenvalue weighted by molar-refractivity contribution is 0.476. The van der Waals surface area contributed by atoms with Crippen molar-refractivity contribution in [3.63, 3.8) is 0 Å². The number of phenolic OH excluding ortho intramolecular Hbond substituents is 1. The third-order valence-electron chi connectivity index (χ3n) is 1.27. The molecule has 0 amide bonds. The number of halogens is 3. The summed E-state index contributed by atoms with van der Waals surface area (Å²) in [4.78, 5) is 13.2. The standard InChI is InChI=1S/C7H2Cl3NO2/c8-5-3(11-2-12)1-4(13)6(9)7(5)10/h1,13H. The first-order valence-corrected chi connectivity index (χ1v) is 4.15. The van der Waals surface area contributed by atoms with Gasteiger partial charge >= 0.3 is 0 Å². The number of benzene rings is 1. The SMILES string of the molecule is O=C=Nc1cc(O)c(Cl)c(Cl)c1Cl. The molecule has 0 aliphatic carbocycles. The maximum absolute atomic E-state index is 9.93. The van der Waals surface area contributed by atoms with Crippen LogP contribution < -0.4 is 0 Å². The quantitative estimate of drug-likeness (QED) is 0.463. The molecule has 0 unspecified atom stereocenters. The molecule has 6 heteroatoms. The summed E-state index contributed by atoms with van der Waals surface area (Å²) < 4.78 is 0. The molecule has 13 heavy (non-hydrogen) atoms. The summed E-state index contributed by atoms with van der Waals surface area (Å²) in [5.74, 6) is -0.287. The van der Waals surface area contributed by atoms with Crippen molar-refractivity contribution in [3.05, 3.63) is 21.1 Å². The van der Waals surface area contributed by atoms with Crippen molar-refractivity contribution in [2.24, 2.45) is 4.99 Å². The van der Waals surface area contributed by atoms with Crippen LogP contribution in [-0.2, 0) is 4.79 Å². The Labute approximate surface area is 88.6 Å². The van der Waals surface area contributed by atoms with Gasteiger partial charge < -0.3 is 5.11 Å². The molecule has 0 bridgehead atoms. The van der Waals surface area contributed by atoms with Gasteiger partial charge in [-0.3, -0.25) is 0 Å². The third-order valence-corrected chi connectivity index (χ3v) is 2.61. The molecule has 1 rings (SSSR count). The highest BCUT2D eigenvalue weighted by Crippen LogP contribution is 2.42. The Morgan fingerprint density at radius 1 is 1.23 bits per heavy atom. The summed E-state index contributed by atoms with van der Waals surface area (Å²) >= 11 is 16.8. The Hall–Kier alpha value is -0.730. The lowest BCUT2D eigenvalue weighted by Gasteiger charge is -2.03. The number of phenols is 1. The van der Waals surface area contributed by atoms with Gasteiger partial charge in [0.2, 0.25) is 6.08 Å². The molecule has 0 heterocycles. The van der Waals surface area contributed by atoms with Gasteiger partial charge in [0.05, 0.1) is 10.0 Å². The second kappa shape index (κ2) is 3.99. The van der Waals surface area contributed by atoms with E-state index in [-0.39, 0.29) is 26.5 Å². The van der Waals surface area contributed by atoms with E-state index >= 15 is 0 Å². The molecule has 0 saturated heterocycles. The van der Waals surface area contributed by atoms with Crippen LogP contribution in [0.5, 0.6) is 5.75 Å². The number of aliphatic imine (C=N–C) groups is 1. The minimum atomic E-state index is -0.287. The summed E-state index contributed by atoms with van der Waals surface area (Å²) in [5, 5.41) is 9.06. The summed E-state index contributed by atoms with van der Waals surface area (Å²) in [6.45, 7) is 0. The number of hydrogen-bond acceptors (Lipinski definition) is 3. The van der Waals surface area contributed by atoms with Gasteiger partial charge in [-0.15, -0.1) is 0 Å². The van der Waals surface area contributed by atoms with E-state index in [1.807, 2.05) is 0 Å². The first kappa shape index (κ1) is 10.4. The van der Waals surface area contributed by atoms with E-state index < -0.39 is 0 Å². The molecule has 0 radical (unpaired) electrons. The summed E-state index contributed by atoms with van der Waals surface area (Å²) in [7, 11) is 0. The van der Waals surface area contributed by atoms with Gasteiger partial charge in [0, 0.05) is 6.07 Å². The van der Waals surface area contributed by atoms with Crippen molar-refractivity contribution in [1.29, 1.82) is 0 Å². The van der Waals surface area contributed by atoms with Crippen molar-refractivity contribution >= 4 is 46.6 Å². The van der Waals surface area contributed by atoms with Crippen molar-refractivity contribution in [3.8, 4) is 5.75 Å². The highest BCUT2D eigenvalue weighted by Gasteiger charge is 2.12. The zero-order valence-electron chi connectivity index (χ0n) is 6.01. The minimum Gasteiger partial charge on any atom is -0.506 e. The van der Waals surface area contributed by atoms with Gasteiger partial charge in [-0.25, -0.2) is 4.79 Å². The largest absolute Gasteiger partial charge is 0.506 e. The maximum atomic E-state index is 9.93. The number of nitrogens with zero attached hydrogens (tertiary/aromatic N) is 1. The molecule has 1 aromatic rings. The zero-order valence-corrected chi connectivity index (χ0v) is 8.28. The fraction of sp³-hybridized carbons (Fsp3) is 0. The summed E-state index contributed by atoms with van der Waals surface area (Å²) in [6, 6.07) is 1.13. The van der Waals surface area contributed by atoms with Crippen LogP contribution in [0, 0.1) is 0 Å². The highest BCUT2D eigenvalue weighted by atomic mass is 35.5. The van der Waals surface area contributed by atoms with Crippen LogP contribution in [0.1, 0.15) is 0 Å². The van der Waals surface area contributed by atoms with E-state index in [4.69, 9.17) is 39.9 Å². The number of isocyanates is 1. The third kappa shape index (κ3) is 1.95. The lowest BCUT2D eigenvalue weighted by Crippen LogP contribution is -1.75. The van der Waals surface area contributed by atoms with Crippen molar-refractivity contribution < 1.29 is 9.90 Å². The molecule has 3 nitrogen and oxygen atoms in total. The molecule has 0 spiro atoms. The van der Waals surface area contributed by atoms with E-state index in [2.05, 4.69) is 4.99 Å². The van der Waals surface area contributed by atoms with Crippen LogP contribution >= 0.6 is 34.8 Å². The van der Waals surface area contributed by atoms with Crippen LogP contribution in [0.25, 0.3) is 0 Å². The maximum Gasteiger partial charge on any atom is 0.240 e. The molecule has 0 aromatic heterocycles. The van der Waals surface area contributed by atoms with Crippen molar-refractivity contribution in [2.75, 3.05) is 0 Å². The van der Waals surface area contributed by atoms with Gasteiger partial charge in [0.25, 0.3) is 0 Å². The lowest BCUT2D eigenvalue weighted by atomic mass is 10.3. The molecule has 0 aliphatic heterocycles. The van der Waals surface area contributed by atoms with Crippen molar-refractivity contribution in [2.45, 2.75) is 0 Å². The Bertz CT molecular complexity index is 399. The predicted octanol–water partition coefficient (Wildman–Crippen LogP) is 3.32. The van der Waals surface area contributed by atoms with Crippen LogP contribution in [0.15, 0.2) is 11.1 Å². The summed E-state index contributed by atoms with van der Waals surface area (Å²) in [5.41, 5.74) is 0.0311. The van der Waals surface area contributed by atoms with Gasteiger partial charge in [0.15, 0.2) is 0 Å². The molecular formula is C7H2Cl3NO2. The highest BCUT2D eigenvalue weighted by molar-refractivity contribution is 6.49. The Balaban J connectivity index is 3.49. The van der Waals surface area contributed by atoms with Crippen LogP contribution in [0.2, 0.25) is 15.1 Å². The van der Waals surface area contributed by atoms with Gasteiger partial charge in [-0.05, 0) is 0 Å². The van der Waals surface area contributed by atoms with Crippen LogP contribution in [-0.4, -0.2) is 11.2 Å². The van der Waals surface area contributed by atoms with E-state index in [0.29, 0.717) is 0 Å².